The number of anilines is 2. The summed E-state index contributed by atoms with van der Waals surface area (Å²) in [5.41, 5.74) is 0.569. The maximum Gasteiger partial charge on any atom is 0.263 e. The Morgan fingerprint density at radius 1 is 1.12 bits per heavy atom. The molecule has 1 aromatic carbocycles. The zero-order chi connectivity index (χ0) is 19.0. The Hall–Kier alpha value is -2.35. The second-order valence-corrected chi connectivity index (χ2v) is 7.85. The van der Waals surface area contributed by atoms with Gasteiger partial charge in [-0.25, -0.2) is 8.42 Å². The molecule has 26 heavy (non-hydrogen) atoms. The normalized spacial score (nSPS) is 11.3. The number of amides is 1. The molecule has 0 radical (unpaired) electrons. The molecule has 0 saturated carbocycles. The molecular formula is C18H25N3O4S. The average Bonchev–Trinajstić information content (AvgIpc) is 2.99. The fourth-order valence-electron chi connectivity index (χ4n) is 2.44. The van der Waals surface area contributed by atoms with Crippen molar-refractivity contribution in [3.63, 3.8) is 0 Å². The van der Waals surface area contributed by atoms with Crippen molar-refractivity contribution in [3.05, 3.63) is 36.1 Å². The summed E-state index contributed by atoms with van der Waals surface area (Å²) in [6, 6.07) is 7.50. The van der Waals surface area contributed by atoms with Crippen LogP contribution in [0.4, 0.5) is 11.5 Å². The van der Waals surface area contributed by atoms with Gasteiger partial charge in [0.05, 0.1) is 4.90 Å². The first-order valence-corrected chi connectivity index (χ1v) is 10.2. The number of nitrogens with one attached hydrogen (secondary N) is 2. The third-order valence-corrected chi connectivity index (χ3v) is 5.19. The van der Waals surface area contributed by atoms with E-state index in [0.29, 0.717) is 17.9 Å². The molecule has 7 nitrogen and oxygen atoms in total. The standard InChI is InChI=1S/C18H25N3O4S/c1-3-4-5-6-7-8-18(22)19-15-9-11-16(12-10-15)26(23,24)21-17-13-14(2)25-20-17/h9-13H,3-8H2,1-2H3,(H,19,22)(H,20,21). The predicted molar refractivity (Wildman–Crippen MR) is 100 cm³/mol. The largest absolute Gasteiger partial charge is 0.360 e. The van der Waals surface area contributed by atoms with Crippen molar-refractivity contribution in [2.24, 2.45) is 0 Å². The summed E-state index contributed by atoms with van der Waals surface area (Å²) in [6.07, 6.45) is 5.89. The second kappa shape index (κ2) is 9.38. The minimum absolute atomic E-state index is 0.0618. The Balaban J connectivity index is 1.88. The Kier molecular flexibility index (Phi) is 7.20. The maximum absolute atomic E-state index is 12.3. The molecule has 2 aromatic rings. The van der Waals surface area contributed by atoms with Crippen LogP contribution in [0, 0.1) is 6.92 Å². The summed E-state index contributed by atoms with van der Waals surface area (Å²) < 4.78 is 31.8. The SMILES string of the molecule is CCCCCCCC(=O)Nc1ccc(S(=O)(=O)Nc2cc(C)on2)cc1. The van der Waals surface area contributed by atoms with Gasteiger partial charge in [0.25, 0.3) is 10.0 Å². The van der Waals surface area contributed by atoms with Crippen LogP contribution in [0.25, 0.3) is 0 Å². The van der Waals surface area contributed by atoms with Crippen LogP contribution in [0.3, 0.4) is 0 Å². The smallest absolute Gasteiger partial charge is 0.263 e. The topological polar surface area (TPSA) is 101 Å². The summed E-state index contributed by atoms with van der Waals surface area (Å²) in [4.78, 5) is 12.0. The van der Waals surface area contributed by atoms with E-state index in [1.165, 1.54) is 31.0 Å². The minimum atomic E-state index is -3.75. The number of rotatable bonds is 10. The molecule has 0 aliphatic carbocycles. The van der Waals surface area contributed by atoms with E-state index in [-0.39, 0.29) is 16.6 Å². The lowest BCUT2D eigenvalue weighted by atomic mass is 10.1. The van der Waals surface area contributed by atoms with Crippen LogP contribution in [-0.2, 0) is 14.8 Å². The summed E-state index contributed by atoms with van der Waals surface area (Å²) in [5, 5.41) is 6.39. The predicted octanol–water partition coefficient (Wildman–Crippen LogP) is 4.08. The minimum Gasteiger partial charge on any atom is -0.360 e. The Morgan fingerprint density at radius 3 is 2.42 bits per heavy atom. The summed E-state index contributed by atoms with van der Waals surface area (Å²) in [6.45, 7) is 3.82. The third-order valence-electron chi connectivity index (χ3n) is 3.82. The van der Waals surface area contributed by atoms with Crippen LogP contribution in [0.5, 0.6) is 0 Å². The van der Waals surface area contributed by atoms with E-state index in [0.717, 1.165) is 19.3 Å². The van der Waals surface area contributed by atoms with Crippen molar-refractivity contribution in [1.29, 1.82) is 0 Å². The molecule has 0 atom stereocenters. The van der Waals surface area contributed by atoms with E-state index in [2.05, 4.69) is 22.1 Å². The fourth-order valence-corrected chi connectivity index (χ4v) is 3.42. The Labute approximate surface area is 154 Å². The molecule has 8 heteroatoms. The highest BCUT2D eigenvalue weighted by Crippen LogP contribution is 2.18. The van der Waals surface area contributed by atoms with E-state index < -0.39 is 10.0 Å². The molecule has 142 valence electrons. The number of aromatic nitrogens is 1. The van der Waals surface area contributed by atoms with Gasteiger partial charge >= 0.3 is 0 Å². The van der Waals surface area contributed by atoms with Crippen LogP contribution in [0.1, 0.15) is 51.2 Å². The van der Waals surface area contributed by atoms with Crippen molar-refractivity contribution in [2.75, 3.05) is 10.0 Å². The van der Waals surface area contributed by atoms with Gasteiger partial charge in [0.15, 0.2) is 5.82 Å². The summed E-state index contributed by atoms with van der Waals surface area (Å²) >= 11 is 0. The van der Waals surface area contributed by atoms with Gasteiger partial charge in [-0.05, 0) is 37.6 Å². The van der Waals surface area contributed by atoms with Gasteiger partial charge in [-0.1, -0.05) is 37.8 Å². The molecule has 0 bridgehead atoms. The van der Waals surface area contributed by atoms with Gasteiger partial charge in [-0.2, -0.15) is 0 Å². The number of aryl methyl sites for hydroxylation is 1. The summed E-state index contributed by atoms with van der Waals surface area (Å²) in [5.74, 6) is 0.576. The number of hydrogen-bond acceptors (Lipinski definition) is 5. The average molecular weight is 379 g/mol. The van der Waals surface area contributed by atoms with E-state index in [1.807, 2.05) is 0 Å². The van der Waals surface area contributed by atoms with Crippen molar-refractivity contribution in [2.45, 2.75) is 57.3 Å². The van der Waals surface area contributed by atoms with Gasteiger partial charge < -0.3 is 9.84 Å². The molecule has 1 amide bonds. The van der Waals surface area contributed by atoms with Gasteiger partial charge in [0, 0.05) is 18.2 Å². The highest BCUT2D eigenvalue weighted by molar-refractivity contribution is 7.92. The van der Waals surface area contributed by atoms with Crippen LogP contribution in [0.2, 0.25) is 0 Å². The van der Waals surface area contributed by atoms with Gasteiger partial charge in [-0.15, -0.1) is 0 Å². The van der Waals surface area contributed by atoms with E-state index in [1.54, 1.807) is 19.1 Å². The van der Waals surface area contributed by atoms with Crippen molar-refractivity contribution >= 4 is 27.4 Å². The molecule has 1 aromatic heterocycles. The number of sulfonamides is 1. The lowest BCUT2D eigenvalue weighted by Crippen LogP contribution is -2.14. The number of nitrogens with zero attached hydrogens (tertiary/aromatic N) is 1. The molecular weight excluding hydrogens is 354 g/mol. The Morgan fingerprint density at radius 2 is 1.81 bits per heavy atom. The number of unbranched alkanes of at least 4 members (excludes halogenated alkanes) is 4. The van der Waals surface area contributed by atoms with Crippen LogP contribution in [0.15, 0.2) is 39.8 Å². The first kappa shape index (κ1) is 20.0. The first-order valence-electron chi connectivity index (χ1n) is 8.77. The molecule has 1 heterocycles. The zero-order valence-corrected chi connectivity index (χ0v) is 15.9. The third kappa shape index (κ3) is 6.18. The van der Waals surface area contributed by atoms with Gasteiger partial charge in [0.1, 0.15) is 5.76 Å². The maximum atomic E-state index is 12.3. The summed E-state index contributed by atoms with van der Waals surface area (Å²) in [7, 11) is -3.75. The Bertz CT molecular complexity index is 813. The van der Waals surface area contributed by atoms with Crippen molar-refractivity contribution in [3.8, 4) is 0 Å². The van der Waals surface area contributed by atoms with Gasteiger partial charge in [0.2, 0.25) is 5.91 Å². The molecule has 0 unspecified atom stereocenters. The second-order valence-electron chi connectivity index (χ2n) is 6.17. The van der Waals surface area contributed by atoms with Crippen molar-refractivity contribution < 1.29 is 17.7 Å². The van der Waals surface area contributed by atoms with Crippen LogP contribution >= 0.6 is 0 Å². The van der Waals surface area contributed by atoms with Crippen molar-refractivity contribution in [1.82, 2.24) is 5.16 Å². The van der Waals surface area contributed by atoms with Gasteiger partial charge in [-0.3, -0.25) is 9.52 Å². The molecule has 2 N–H and O–H groups in total. The molecule has 0 spiro atoms. The van der Waals surface area contributed by atoms with E-state index in [9.17, 15) is 13.2 Å². The zero-order valence-electron chi connectivity index (χ0n) is 15.1. The monoisotopic (exact) mass is 379 g/mol. The lowest BCUT2D eigenvalue weighted by Gasteiger charge is -2.08. The molecule has 0 fully saturated rings. The number of hydrogen-bond donors (Lipinski definition) is 2. The highest BCUT2D eigenvalue weighted by atomic mass is 32.2. The lowest BCUT2D eigenvalue weighted by molar-refractivity contribution is -0.116. The number of carbonyl (C=O) groups excluding carboxylic acids is 1. The van der Waals surface area contributed by atoms with E-state index >= 15 is 0 Å². The first-order chi connectivity index (χ1) is 12.4. The van der Waals surface area contributed by atoms with Crippen LogP contribution < -0.4 is 10.0 Å². The number of carbonyl (C=O) groups is 1. The molecule has 2 rings (SSSR count). The van der Waals surface area contributed by atoms with E-state index in [4.69, 9.17) is 4.52 Å². The molecule has 0 aliphatic rings. The molecule has 0 saturated heterocycles. The highest BCUT2D eigenvalue weighted by Gasteiger charge is 2.16. The quantitative estimate of drug-likeness (QED) is 0.606. The molecule has 0 aliphatic heterocycles. The fraction of sp³-hybridized carbons (Fsp3) is 0.444. The number of benzene rings is 1. The van der Waals surface area contributed by atoms with Crippen LogP contribution in [-0.4, -0.2) is 19.5 Å².